The highest BCUT2D eigenvalue weighted by Crippen LogP contribution is 2.31. The van der Waals surface area contributed by atoms with E-state index in [-0.39, 0.29) is 17.6 Å². The third-order valence-corrected chi connectivity index (χ3v) is 4.88. The number of carbonyl (C=O) groups is 4. The number of hydrogen-bond donors (Lipinski definition) is 0. The van der Waals surface area contributed by atoms with Gasteiger partial charge in [0.2, 0.25) is 5.91 Å². The summed E-state index contributed by atoms with van der Waals surface area (Å²) in [7, 11) is 0. The molecule has 2 heterocycles. The van der Waals surface area contributed by atoms with Crippen LogP contribution in [0.1, 0.15) is 33.1 Å². The van der Waals surface area contributed by atoms with Crippen molar-refractivity contribution in [2.75, 3.05) is 24.6 Å². The molecular formula is C19H23N3O5. The maximum Gasteiger partial charge on any atom is 0.339 e. The molecule has 0 aliphatic carbocycles. The number of nitrogens with zero attached hydrogens (tertiary/aromatic N) is 3. The molecule has 144 valence electrons. The lowest BCUT2D eigenvalue weighted by Crippen LogP contribution is -2.48. The molecule has 0 N–H and O–H groups in total. The van der Waals surface area contributed by atoms with E-state index in [9.17, 15) is 19.2 Å². The molecule has 0 spiro atoms. The van der Waals surface area contributed by atoms with Crippen LogP contribution in [0.4, 0.5) is 10.5 Å². The first kappa shape index (κ1) is 18.9. The van der Waals surface area contributed by atoms with Gasteiger partial charge in [0, 0.05) is 12.6 Å². The lowest BCUT2D eigenvalue weighted by Gasteiger charge is -2.34. The number of amides is 5. The van der Waals surface area contributed by atoms with Gasteiger partial charge in [-0.3, -0.25) is 14.4 Å². The van der Waals surface area contributed by atoms with Gasteiger partial charge >= 0.3 is 17.8 Å². The number of imide groups is 2. The summed E-state index contributed by atoms with van der Waals surface area (Å²) in [5, 5.41) is 0. The third-order valence-electron chi connectivity index (χ3n) is 4.88. The average molecular weight is 373 g/mol. The predicted octanol–water partition coefficient (Wildman–Crippen LogP) is 1.78. The number of rotatable bonds is 5. The first-order valence-corrected chi connectivity index (χ1v) is 9.17. The van der Waals surface area contributed by atoms with E-state index in [2.05, 4.69) is 0 Å². The predicted molar refractivity (Wildman–Crippen MR) is 97.2 cm³/mol. The molecule has 5 amide bonds. The molecule has 1 atom stereocenters. The van der Waals surface area contributed by atoms with Gasteiger partial charge in [0.1, 0.15) is 12.3 Å². The normalized spacial score (nSPS) is 20.4. The second-order valence-electron chi connectivity index (χ2n) is 6.65. The number of piperidine rings is 1. The maximum absolute atomic E-state index is 12.8. The Morgan fingerprint density at radius 3 is 2.59 bits per heavy atom. The second kappa shape index (κ2) is 7.77. The van der Waals surface area contributed by atoms with Crippen LogP contribution in [0.15, 0.2) is 24.3 Å². The first-order valence-electron chi connectivity index (χ1n) is 9.17. The number of urea groups is 1. The third kappa shape index (κ3) is 3.51. The molecule has 27 heavy (non-hydrogen) atoms. The highest BCUT2D eigenvalue weighted by Gasteiger charge is 2.47. The topological polar surface area (TPSA) is 87.2 Å². The molecule has 3 rings (SSSR count). The Morgan fingerprint density at radius 2 is 1.89 bits per heavy atom. The Kier molecular flexibility index (Phi) is 5.43. The summed E-state index contributed by atoms with van der Waals surface area (Å²) in [4.78, 5) is 53.3. The maximum atomic E-state index is 12.8. The van der Waals surface area contributed by atoms with Crippen molar-refractivity contribution in [1.29, 1.82) is 0 Å². The highest BCUT2D eigenvalue weighted by atomic mass is 16.5. The van der Waals surface area contributed by atoms with E-state index in [0.29, 0.717) is 23.8 Å². The Balaban J connectivity index is 1.81. The number of hydrogen-bond acceptors (Lipinski definition) is 5. The van der Waals surface area contributed by atoms with Gasteiger partial charge in [-0.1, -0.05) is 12.1 Å². The average Bonchev–Trinajstić information content (AvgIpc) is 2.86. The Bertz CT molecular complexity index is 778. The summed E-state index contributed by atoms with van der Waals surface area (Å²) in [6.07, 6.45) is 2.83. The Morgan fingerprint density at radius 1 is 1.15 bits per heavy atom. The number of benzene rings is 1. The number of carbonyl (C=O) groups excluding carboxylic acids is 4. The van der Waals surface area contributed by atoms with Gasteiger partial charge in [0.25, 0.3) is 0 Å². The van der Waals surface area contributed by atoms with Gasteiger partial charge < -0.3 is 9.64 Å². The van der Waals surface area contributed by atoms with Crippen LogP contribution in [-0.2, 0) is 14.4 Å². The molecule has 1 aromatic rings. The zero-order valence-electron chi connectivity index (χ0n) is 15.5. The van der Waals surface area contributed by atoms with Crippen LogP contribution in [0.5, 0.6) is 5.75 Å². The molecule has 2 saturated heterocycles. The van der Waals surface area contributed by atoms with E-state index in [1.807, 2.05) is 6.92 Å². The van der Waals surface area contributed by atoms with Crippen LogP contribution >= 0.6 is 0 Å². The van der Waals surface area contributed by atoms with Crippen molar-refractivity contribution in [3.05, 3.63) is 24.3 Å². The Labute approximate surface area is 157 Å². The smallest absolute Gasteiger partial charge is 0.339 e. The van der Waals surface area contributed by atoms with Gasteiger partial charge in [0.15, 0.2) is 0 Å². The van der Waals surface area contributed by atoms with Gasteiger partial charge in [-0.2, -0.15) is 0 Å². The van der Waals surface area contributed by atoms with Crippen LogP contribution in [0, 0.1) is 0 Å². The van der Waals surface area contributed by atoms with Crippen LogP contribution in [0.3, 0.4) is 0 Å². The SMILES string of the molecule is CCOc1ccccc1N1C(=O)C(=O)N(CC(=O)N2CCCCC2C)C1=O. The number of ether oxygens (including phenoxy) is 1. The quantitative estimate of drug-likeness (QED) is 0.580. The molecule has 2 aliphatic heterocycles. The van der Waals surface area contributed by atoms with Gasteiger partial charge in [-0.25, -0.2) is 14.6 Å². The van der Waals surface area contributed by atoms with Crippen molar-refractivity contribution in [3.63, 3.8) is 0 Å². The van der Waals surface area contributed by atoms with Crippen molar-refractivity contribution in [2.24, 2.45) is 0 Å². The van der Waals surface area contributed by atoms with Crippen molar-refractivity contribution in [1.82, 2.24) is 9.80 Å². The molecule has 8 heteroatoms. The van der Waals surface area contributed by atoms with Crippen molar-refractivity contribution in [2.45, 2.75) is 39.2 Å². The van der Waals surface area contributed by atoms with Crippen LogP contribution in [0.25, 0.3) is 0 Å². The fraction of sp³-hybridized carbons (Fsp3) is 0.474. The van der Waals surface area contributed by atoms with E-state index in [1.165, 1.54) is 6.07 Å². The summed E-state index contributed by atoms with van der Waals surface area (Å²) in [6.45, 7) is 4.24. The summed E-state index contributed by atoms with van der Waals surface area (Å²) < 4.78 is 5.46. The molecule has 1 aromatic carbocycles. The zero-order chi connectivity index (χ0) is 19.6. The van der Waals surface area contributed by atoms with Crippen molar-refractivity contribution < 1.29 is 23.9 Å². The van der Waals surface area contributed by atoms with Crippen molar-refractivity contribution in [3.8, 4) is 5.75 Å². The molecule has 8 nitrogen and oxygen atoms in total. The summed E-state index contributed by atoms with van der Waals surface area (Å²) in [5.74, 6) is -1.97. The van der Waals surface area contributed by atoms with Gasteiger partial charge in [0.05, 0.1) is 12.3 Å². The number of likely N-dealkylation sites (tertiary alicyclic amines) is 1. The van der Waals surface area contributed by atoms with E-state index < -0.39 is 24.4 Å². The molecule has 0 bridgehead atoms. The van der Waals surface area contributed by atoms with E-state index in [0.717, 1.165) is 24.2 Å². The standard InChI is InChI=1S/C19H23N3O5/c1-3-27-15-10-5-4-9-14(15)22-18(25)17(24)21(19(22)26)12-16(23)20-11-7-6-8-13(20)2/h4-5,9-10,13H,3,6-8,11-12H2,1-2H3. The lowest BCUT2D eigenvalue weighted by molar-refractivity contribution is -0.143. The highest BCUT2D eigenvalue weighted by molar-refractivity contribution is 6.53. The molecule has 2 aliphatic rings. The number of anilines is 1. The first-order chi connectivity index (χ1) is 13.0. The molecule has 2 fully saturated rings. The summed E-state index contributed by atoms with van der Waals surface area (Å²) >= 11 is 0. The molecule has 0 aromatic heterocycles. The number of para-hydroxylation sites is 2. The largest absolute Gasteiger partial charge is 0.492 e. The van der Waals surface area contributed by atoms with Gasteiger partial charge in [-0.15, -0.1) is 0 Å². The fourth-order valence-electron chi connectivity index (χ4n) is 3.47. The van der Waals surface area contributed by atoms with Crippen LogP contribution < -0.4 is 9.64 Å². The molecule has 0 saturated carbocycles. The second-order valence-corrected chi connectivity index (χ2v) is 6.65. The Hall–Kier alpha value is -2.90. The van der Waals surface area contributed by atoms with E-state index in [1.54, 1.807) is 30.0 Å². The zero-order valence-corrected chi connectivity index (χ0v) is 15.5. The van der Waals surface area contributed by atoms with Gasteiger partial charge in [-0.05, 0) is 45.2 Å². The van der Waals surface area contributed by atoms with Crippen LogP contribution in [0.2, 0.25) is 0 Å². The monoisotopic (exact) mass is 373 g/mol. The molecule has 0 radical (unpaired) electrons. The summed E-state index contributed by atoms with van der Waals surface area (Å²) in [6, 6.07) is 5.74. The van der Waals surface area contributed by atoms with Crippen LogP contribution in [-0.4, -0.2) is 59.3 Å². The lowest BCUT2D eigenvalue weighted by atomic mass is 10.0. The molecular weight excluding hydrogens is 350 g/mol. The minimum atomic E-state index is -0.996. The fourth-order valence-corrected chi connectivity index (χ4v) is 3.47. The van der Waals surface area contributed by atoms with Crippen molar-refractivity contribution >= 4 is 29.4 Å². The molecule has 1 unspecified atom stereocenters. The minimum absolute atomic E-state index is 0.0598. The van der Waals surface area contributed by atoms with E-state index in [4.69, 9.17) is 4.74 Å². The summed E-state index contributed by atoms with van der Waals surface area (Å²) in [5.41, 5.74) is 0.198. The van der Waals surface area contributed by atoms with E-state index >= 15 is 0 Å². The minimum Gasteiger partial charge on any atom is -0.492 e.